The molecule has 1 rings (SSSR count). The third-order valence-electron chi connectivity index (χ3n) is 2.74. The summed E-state index contributed by atoms with van der Waals surface area (Å²) in [6.45, 7) is 1.13. The summed E-state index contributed by atoms with van der Waals surface area (Å²) in [4.78, 5) is 0. The van der Waals surface area contributed by atoms with Gasteiger partial charge in [0.15, 0.2) is 0 Å². The van der Waals surface area contributed by atoms with Gasteiger partial charge in [0.2, 0.25) is 0 Å². The van der Waals surface area contributed by atoms with Crippen molar-refractivity contribution in [3.05, 3.63) is 0 Å². The monoisotopic (exact) mass is 195 g/mol. The van der Waals surface area contributed by atoms with Gasteiger partial charge in [-0.15, -0.1) is 0 Å². The molecule has 1 aliphatic heterocycles. The fourth-order valence-corrected chi connectivity index (χ4v) is 2.83. The molecule has 1 heterocycles. The van der Waals surface area contributed by atoms with Gasteiger partial charge in [0.25, 0.3) is 5.92 Å². The first-order valence-electron chi connectivity index (χ1n) is 4.17. The summed E-state index contributed by atoms with van der Waals surface area (Å²) in [5.41, 5.74) is 4.21. The van der Waals surface area contributed by atoms with Crippen molar-refractivity contribution in [3.63, 3.8) is 0 Å². The third kappa shape index (κ3) is 1.74. The van der Waals surface area contributed by atoms with Gasteiger partial charge < -0.3 is 5.73 Å². The summed E-state index contributed by atoms with van der Waals surface area (Å²) in [7, 11) is 0. The van der Waals surface area contributed by atoms with Gasteiger partial charge in [-0.3, -0.25) is 0 Å². The second kappa shape index (κ2) is 3.50. The third-order valence-corrected chi connectivity index (χ3v) is 3.72. The molecule has 1 saturated heterocycles. The Kier molecular flexibility index (Phi) is 2.99. The molecular formula is C8H15F2NS. The highest BCUT2D eigenvalue weighted by atomic mass is 32.2. The van der Waals surface area contributed by atoms with E-state index >= 15 is 0 Å². The van der Waals surface area contributed by atoms with Crippen LogP contribution in [0.15, 0.2) is 0 Å². The molecule has 1 fully saturated rings. The molecule has 0 unspecified atom stereocenters. The van der Waals surface area contributed by atoms with E-state index in [1.54, 1.807) is 18.7 Å². The van der Waals surface area contributed by atoms with Gasteiger partial charge in [-0.25, -0.2) is 8.78 Å². The quantitative estimate of drug-likeness (QED) is 0.730. The fraction of sp³-hybridized carbons (Fsp3) is 1.00. The lowest BCUT2D eigenvalue weighted by Gasteiger charge is -2.39. The topological polar surface area (TPSA) is 26.0 Å². The van der Waals surface area contributed by atoms with Crippen molar-refractivity contribution in [1.29, 1.82) is 0 Å². The van der Waals surface area contributed by atoms with Crippen LogP contribution < -0.4 is 5.73 Å². The van der Waals surface area contributed by atoms with Crippen molar-refractivity contribution in [3.8, 4) is 0 Å². The minimum atomic E-state index is -2.69. The normalized spacial score (nSPS) is 24.0. The molecule has 12 heavy (non-hydrogen) atoms. The first kappa shape index (κ1) is 10.3. The maximum absolute atomic E-state index is 13.3. The summed E-state index contributed by atoms with van der Waals surface area (Å²) in [5, 5.41) is 0. The summed E-state index contributed by atoms with van der Waals surface area (Å²) in [6, 6.07) is 0. The lowest BCUT2D eigenvalue weighted by molar-refractivity contribution is -0.109. The first-order valence-corrected chi connectivity index (χ1v) is 5.33. The van der Waals surface area contributed by atoms with Crippen molar-refractivity contribution < 1.29 is 8.78 Å². The maximum atomic E-state index is 13.3. The van der Waals surface area contributed by atoms with Gasteiger partial charge in [-0.05, 0) is 24.3 Å². The summed E-state index contributed by atoms with van der Waals surface area (Å²) < 4.78 is 26.6. The highest BCUT2D eigenvalue weighted by Crippen LogP contribution is 2.45. The minimum absolute atomic E-state index is 0.520. The van der Waals surface area contributed by atoms with Crippen molar-refractivity contribution in [1.82, 2.24) is 0 Å². The summed E-state index contributed by atoms with van der Waals surface area (Å²) in [6.07, 6.45) is 1.17. The summed E-state index contributed by atoms with van der Waals surface area (Å²) in [5.74, 6) is -1.01. The second-order valence-corrected chi connectivity index (χ2v) is 4.81. The van der Waals surface area contributed by atoms with Crippen LogP contribution in [-0.4, -0.2) is 24.0 Å². The van der Waals surface area contributed by atoms with Crippen LogP contribution in [0.4, 0.5) is 8.78 Å². The van der Waals surface area contributed by atoms with Crippen LogP contribution in [0.1, 0.15) is 19.8 Å². The molecule has 1 aliphatic rings. The number of halogens is 2. The predicted octanol–water partition coefficient (Wildman–Crippen LogP) is 2.11. The number of thioether (sulfide) groups is 1. The Hall–Kier alpha value is 0.170. The first-order chi connectivity index (χ1) is 5.52. The van der Waals surface area contributed by atoms with E-state index in [0.29, 0.717) is 12.8 Å². The molecule has 1 nitrogen and oxygen atoms in total. The standard InChI is InChI=1S/C8H15F2NS/c1-7(8(9,10)6-11)2-4-12-5-3-7/h2-6,11H2,1H3. The Labute approximate surface area is 76.1 Å². The number of rotatable bonds is 2. The highest BCUT2D eigenvalue weighted by Gasteiger charge is 2.48. The van der Waals surface area contributed by atoms with E-state index in [0.717, 1.165) is 11.5 Å². The van der Waals surface area contributed by atoms with Gasteiger partial charge in [0.1, 0.15) is 0 Å². The van der Waals surface area contributed by atoms with E-state index in [1.807, 2.05) is 0 Å². The molecule has 0 aromatic rings. The maximum Gasteiger partial charge on any atom is 0.265 e. The van der Waals surface area contributed by atoms with Crippen molar-refractivity contribution >= 4 is 11.8 Å². The molecule has 0 aromatic heterocycles. The zero-order chi connectivity index (χ0) is 9.24. The number of nitrogens with two attached hydrogens (primary N) is 1. The lowest BCUT2D eigenvalue weighted by Crippen LogP contribution is -2.46. The molecule has 2 N–H and O–H groups in total. The molecule has 0 amide bonds. The largest absolute Gasteiger partial charge is 0.325 e. The van der Waals surface area contributed by atoms with E-state index in [9.17, 15) is 8.78 Å². The van der Waals surface area contributed by atoms with E-state index in [-0.39, 0.29) is 0 Å². The minimum Gasteiger partial charge on any atom is -0.325 e. The van der Waals surface area contributed by atoms with Gasteiger partial charge in [-0.1, -0.05) is 6.92 Å². The molecular weight excluding hydrogens is 180 g/mol. The molecule has 0 atom stereocenters. The molecule has 0 radical (unpaired) electrons. The molecule has 0 saturated carbocycles. The average Bonchev–Trinajstić information content (AvgIpc) is 2.06. The fourth-order valence-electron chi connectivity index (χ4n) is 1.43. The zero-order valence-corrected chi connectivity index (χ0v) is 8.09. The Morgan fingerprint density at radius 1 is 1.42 bits per heavy atom. The van der Waals surface area contributed by atoms with Crippen LogP contribution in [0.2, 0.25) is 0 Å². The average molecular weight is 195 g/mol. The van der Waals surface area contributed by atoms with Crippen LogP contribution in [0.5, 0.6) is 0 Å². The van der Waals surface area contributed by atoms with Crippen LogP contribution >= 0.6 is 11.8 Å². The molecule has 0 aromatic carbocycles. The number of hydrogen-bond donors (Lipinski definition) is 1. The smallest absolute Gasteiger partial charge is 0.265 e. The Balaban J connectivity index is 2.68. The summed E-state index contributed by atoms with van der Waals surface area (Å²) >= 11 is 1.75. The van der Waals surface area contributed by atoms with Gasteiger partial charge in [0.05, 0.1) is 6.54 Å². The van der Waals surface area contributed by atoms with Crippen LogP contribution in [0.3, 0.4) is 0 Å². The predicted molar refractivity (Wildman–Crippen MR) is 48.7 cm³/mol. The van der Waals surface area contributed by atoms with Crippen LogP contribution in [0, 0.1) is 5.41 Å². The van der Waals surface area contributed by atoms with Gasteiger partial charge in [-0.2, -0.15) is 11.8 Å². The highest BCUT2D eigenvalue weighted by molar-refractivity contribution is 7.99. The van der Waals surface area contributed by atoms with Crippen molar-refractivity contribution in [2.45, 2.75) is 25.7 Å². The van der Waals surface area contributed by atoms with Gasteiger partial charge in [0, 0.05) is 5.41 Å². The van der Waals surface area contributed by atoms with Crippen LogP contribution in [-0.2, 0) is 0 Å². The van der Waals surface area contributed by atoms with Crippen LogP contribution in [0.25, 0.3) is 0 Å². The Morgan fingerprint density at radius 3 is 2.33 bits per heavy atom. The SMILES string of the molecule is CC1(C(F)(F)CN)CCSCC1. The number of alkyl halides is 2. The van der Waals surface area contributed by atoms with E-state index in [4.69, 9.17) is 5.73 Å². The molecule has 0 spiro atoms. The number of hydrogen-bond acceptors (Lipinski definition) is 2. The molecule has 4 heteroatoms. The molecule has 0 aliphatic carbocycles. The van der Waals surface area contributed by atoms with Crippen molar-refractivity contribution in [2.24, 2.45) is 11.1 Å². The lowest BCUT2D eigenvalue weighted by atomic mass is 9.78. The Morgan fingerprint density at radius 2 is 1.92 bits per heavy atom. The van der Waals surface area contributed by atoms with E-state index < -0.39 is 17.9 Å². The Bertz CT molecular complexity index is 155. The molecule has 72 valence electrons. The second-order valence-electron chi connectivity index (χ2n) is 3.58. The zero-order valence-electron chi connectivity index (χ0n) is 7.28. The molecule has 0 bridgehead atoms. The van der Waals surface area contributed by atoms with E-state index in [1.165, 1.54) is 0 Å². The van der Waals surface area contributed by atoms with Crippen molar-refractivity contribution in [2.75, 3.05) is 18.1 Å². The van der Waals surface area contributed by atoms with E-state index in [2.05, 4.69) is 0 Å². The van der Waals surface area contributed by atoms with Gasteiger partial charge >= 0.3 is 0 Å².